The van der Waals surface area contributed by atoms with Crippen molar-refractivity contribution >= 4 is 28.6 Å². The fourth-order valence-corrected chi connectivity index (χ4v) is 2.31. The molecule has 0 fully saturated rings. The van der Waals surface area contributed by atoms with Crippen molar-refractivity contribution in [1.82, 2.24) is 9.88 Å². The number of carbonyl (C=O) groups is 1. The third-order valence-electron chi connectivity index (χ3n) is 3.74. The van der Waals surface area contributed by atoms with Gasteiger partial charge in [-0.1, -0.05) is 13.3 Å². The van der Waals surface area contributed by atoms with Gasteiger partial charge in [-0.25, -0.2) is 9.59 Å². The van der Waals surface area contributed by atoms with Gasteiger partial charge in [0.2, 0.25) is 0 Å². The molecule has 0 aliphatic carbocycles. The smallest absolute Gasteiger partial charge is 0.348 e. The molecule has 0 bridgehead atoms. The highest BCUT2D eigenvalue weighted by Crippen LogP contribution is 2.17. The summed E-state index contributed by atoms with van der Waals surface area (Å²) in [4.78, 5) is 30.1. The van der Waals surface area contributed by atoms with Crippen LogP contribution in [0.3, 0.4) is 0 Å². The number of unbranched alkanes of at least 4 members (excludes halogenated alkanes) is 1. The Bertz CT molecular complexity index is 753. The lowest BCUT2D eigenvalue weighted by molar-refractivity contribution is 0.217. The molecular formula is C17H24N4O3. The highest BCUT2D eigenvalue weighted by Gasteiger charge is 2.11. The number of hydrogen-bond donors (Lipinski definition) is 2. The van der Waals surface area contributed by atoms with Gasteiger partial charge < -0.3 is 20.0 Å². The largest absolute Gasteiger partial charge is 0.389 e. The number of benzene rings is 1. The number of urea groups is 1. The molecule has 130 valence electrons. The van der Waals surface area contributed by atoms with Crippen molar-refractivity contribution < 1.29 is 9.21 Å². The van der Waals surface area contributed by atoms with Gasteiger partial charge in [0.25, 0.3) is 6.01 Å². The number of fused-ring (bicyclic) bond motifs is 1. The molecule has 7 nitrogen and oxygen atoms in total. The van der Waals surface area contributed by atoms with E-state index in [4.69, 9.17) is 4.42 Å². The predicted molar refractivity (Wildman–Crippen MR) is 95.6 cm³/mol. The lowest BCUT2D eigenvalue weighted by Gasteiger charge is -2.19. The topological polar surface area (TPSA) is 87.5 Å². The van der Waals surface area contributed by atoms with E-state index < -0.39 is 5.63 Å². The van der Waals surface area contributed by atoms with Gasteiger partial charge in [0.15, 0.2) is 0 Å². The number of carbonyl (C=O) groups excluding carboxylic acids is 1. The Morgan fingerprint density at radius 2 is 2.00 bits per heavy atom. The van der Waals surface area contributed by atoms with Crippen LogP contribution in [0.25, 0.3) is 10.9 Å². The number of amides is 2. The van der Waals surface area contributed by atoms with E-state index in [1.807, 2.05) is 13.8 Å². The summed E-state index contributed by atoms with van der Waals surface area (Å²) in [5.74, 6) is 0. The van der Waals surface area contributed by atoms with Crippen LogP contribution in [0.15, 0.2) is 27.4 Å². The molecule has 2 N–H and O–H groups in total. The monoisotopic (exact) mass is 332 g/mol. The Balaban J connectivity index is 2.25. The van der Waals surface area contributed by atoms with Crippen LogP contribution in [0.2, 0.25) is 0 Å². The Hall–Kier alpha value is -2.57. The first-order chi connectivity index (χ1) is 11.6. The Labute approximate surface area is 141 Å². The Kier molecular flexibility index (Phi) is 6.17. The molecular weight excluding hydrogens is 308 g/mol. The maximum atomic E-state index is 12.1. The summed E-state index contributed by atoms with van der Waals surface area (Å²) in [5.41, 5.74) is 0.639. The van der Waals surface area contributed by atoms with Crippen LogP contribution in [0.1, 0.15) is 33.6 Å². The van der Waals surface area contributed by atoms with Crippen LogP contribution in [-0.4, -0.2) is 35.5 Å². The van der Waals surface area contributed by atoms with Crippen molar-refractivity contribution in [2.75, 3.05) is 30.3 Å². The molecule has 7 heteroatoms. The number of aromatic nitrogens is 1. The van der Waals surface area contributed by atoms with Crippen LogP contribution in [0, 0.1) is 0 Å². The SMILES string of the molecule is CCCCNc1nc2cc(NC(=O)N(CC)CC)ccc2c(=O)o1. The minimum absolute atomic E-state index is 0.177. The molecule has 2 aromatic rings. The van der Waals surface area contributed by atoms with E-state index in [9.17, 15) is 9.59 Å². The highest BCUT2D eigenvalue weighted by atomic mass is 16.4. The average Bonchev–Trinajstić information content (AvgIpc) is 2.56. The molecule has 0 unspecified atom stereocenters. The quantitative estimate of drug-likeness (QED) is 0.760. The average molecular weight is 332 g/mol. The summed E-state index contributed by atoms with van der Waals surface area (Å²) in [5, 5.41) is 6.21. The molecule has 1 aromatic heterocycles. The number of nitrogens with zero attached hydrogens (tertiary/aromatic N) is 2. The van der Waals surface area contributed by atoms with E-state index in [-0.39, 0.29) is 12.0 Å². The second kappa shape index (κ2) is 8.33. The van der Waals surface area contributed by atoms with E-state index in [1.54, 1.807) is 23.1 Å². The van der Waals surface area contributed by atoms with Crippen LogP contribution in [-0.2, 0) is 0 Å². The molecule has 0 saturated carbocycles. The second-order valence-corrected chi connectivity index (χ2v) is 5.42. The van der Waals surface area contributed by atoms with E-state index in [2.05, 4.69) is 22.5 Å². The Morgan fingerprint density at radius 1 is 1.25 bits per heavy atom. The first-order valence-corrected chi connectivity index (χ1v) is 8.33. The molecule has 0 aliphatic heterocycles. The number of hydrogen-bond acceptors (Lipinski definition) is 5. The van der Waals surface area contributed by atoms with Gasteiger partial charge >= 0.3 is 11.7 Å². The maximum absolute atomic E-state index is 12.1. The third kappa shape index (κ3) is 4.24. The number of anilines is 2. The fraction of sp³-hybridized carbons (Fsp3) is 0.471. The minimum Gasteiger partial charge on any atom is -0.389 e. The summed E-state index contributed by atoms with van der Waals surface area (Å²) in [6.07, 6.45) is 2.00. The molecule has 1 heterocycles. The van der Waals surface area contributed by atoms with Crippen LogP contribution in [0.4, 0.5) is 16.5 Å². The van der Waals surface area contributed by atoms with Crippen molar-refractivity contribution in [3.8, 4) is 0 Å². The first-order valence-electron chi connectivity index (χ1n) is 8.33. The summed E-state index contributed by atoms with van der Waals surface area (Å²) >= 11 is 0. The van der Waals surface area contributed by atoms with Crippen molar-refractivity contribution in [1.29, 1.82) is 0 Å². The molecule has 0 radical (unpaired) electrons. The zero-order valence-electron chi connectivity index (χ0n) is 14.4. The van der Waals surface area contributed by atoms with Gasteiger partial charge in [-0.3, -0.25) is 0 Å². The van der Waals surface area contributed by atoms with Gasteiger partial charge in [0, 0.05) is 25.3 Å². The van der Waals surface area contributed by atoms with Gasteiger partial charge in [-0.05, 0) is 38.5 Å². The molecule has 2 rings (SSSR count). The van der Waals surface area contributed by atoms with E-state index >= 15 is 0 Å². The summed E-state index contributed by atoms with van der Waals surface area (Å²) in [6.45, 7) is 7.87. The third-order valence-corrected chi connectivity index (χ3v) is 3.74. The van der Waals surface area contributed by atoms with Gasteiger partial charge in [0.05, 0.1) is 10.9 Å². The van der Waals surface area contributed by atoms with Crippen molar-refractivity contribution in [3.63, 3.8) is 0 Å². The minimum atomic E-state index is -0.444. The molecule has 0 aliphatic rings. The molecule has 0 spiro atoms. The first kappa shape index (κ1) is 17.8. The lowest BCUT2D eigenvalue weighted by Crippen LogP contribution is -2.34. The molecule has 0 atom stereocenters. The van der Waals surface area contributed by atoms with Crippen molar-refractivity contribution in [3.05, 3.63) is 28.6 Å². The van der Waals surface area contributed by atoms with Gasteiger partial charge in [0.1, 0.15) is 0 Å². The second-order valence-electron chi connectivity index (χ2n) is 5.42. The standard InChI is InChI=1S/C17H24N4O3/c1-4-7-10-18-16-20-14-11-12(8-9-13(14)15(22)24-16)19-17(23)21(5-2)6-3/h8-9,11H,4-7,10H2,1-3H3,(H,18,20)(H,19,23). The van der Waals surface area contributed by atoms with Crippen LogP contribution in [0.5, 0.6) is 0 Å². The summed E-state index contributed by atoms with van der Waals surface area (Å²) in [7, 11) is 0. The Morgan fingerprint density at radius 3 is 2.67 bits per heavy atom. The number of nitrogens with one attached hydrogen (secondary N) is 2. The normalized spacial score (nSPS) is 10.6. The fourth-order valence-electron chi connectivity index (χ4n) is 2.31. The predicted octanol–water partition coefficient (Wildman–Crippen LogP) is 3.27. The maximum Gasteiger partial charge on any atom is 0.348 e. The van der Waals surface area contributed by atoms with Gasteiger partial charge in [-0.15, -0.1) is 0 Å². The van der Waals surface area contributed by atoms with E-state index in [0.29, 0.717) is 36.2 Å². The summed E-state index contributed by atoms with van der Waals surface area (Å²) < 4.78 is 5.16. The van der Waals surface area contributed by atoms with Crippen molar-refractivity contribution in [2.24, 2.45) is 0 Å². The van der Waals surface area contributed by atoms with Crippen LogP contribution < -0.4 is 16.3 Å². The summed E-state index contributed by atoms with van der Waals surface area (Å²) in [6, 6.07) is 4.99. The van der Waals surface area contributed by atoms with Crippen LogP contribution >= 0.6 is 0 Å². The van der Waals surface area contributed by atoms with E-state index in [1.165, 1.54) is 0 Å². The zero-order valence-corrected chi connectivity index (χ0v) is 14.4. The van der Waals surface area contributed by atoms with Crippen molar-refractivity contribution in [2.45, 2.75) is 33.6 Å². The molecule has 0 saturated heterocycles. The lowest BCUT2D eigenvalue weighted by atomic mass is 10.2. The van der Waals surface area contributed by atoms with Gasteiger partial charge in [-0.2, -0.15) is 4.98 Å². The number of rotatable bonds is 7. The highest BCUT2D eigenvalue weighted by molar-refractivity contribution is 5.92. The molecule has 1 aromatic carbocycles. The molecule has 2 amide bonds. The molecule has 24 heavy (non-hydrogen) atoms. The zero-order chi connectivity index (χ0) is 17.5. The van der Waals surface area contributed by atoms with E-state index in [0.717, 1.165) is 12.8 Å².